The molecule has 0 radical (unpaired) electrons. The molecule has 0 aliphatic rings. The van der Waals surface area contributed by atoms with Crippen molar-refractivity contribution in [3.05, 3.63) is 78.2 Å². The van der Waals surface area contributed by atoms with E-state index in [0.29, 0.717) is 29.6 Å². The summed E-state index contributed by atoms with van der Waals surface area (Å²) in [6, 6.07) is 18.0. The van der Waals surface area contributed by atoms with Gasteiger partial charge in [-0.15, -0.1) is 5.10 Å². The van der Waals surface area contributed by atoms with Crippen molar-refractivity contribution < 1.29 is 9.13 Å². The van der Waals surface area contributed by atoms with Gasteiger partial charge in [0.2, 0.25) is 5.95 Å². The normalized spacial score (nSPS) is 12.0. The van der Waals surface area contributed by atoms with E-state index in [9.17, 15) is 4.39 Å². The molecule has 158 valence electrons. The summed E-state index contributed by atoms with van der Waals surface area (Å²) in [5.74, 6) is 0.179. The van der Waals surface area contributed by atoms with Gasteiger partial charge in [0.05, 0.1) is 11.7 Å². The molecular formula is C23H23FN6O. The lowest BCUT2D eigenvalue weighted by atomic mass is 10.1. The second-order valence-electron chi connectivity index (χ2n) is 6.96. The number of anilines is 1. The van der Waals surface area contributed by atoms with E-state index in [0.717, 1.165) is 11.1 Å². The van der Waals surface area contributed by atoms with Gasteiger partial charge in [0.15, 0.2) is 0 Å². The summed E-state index contributed by atoms with van der Waals surface area (Å²) in [6.45, 7) is 4.73. The predicted molar refractivity (Wildman–Crippen MR) is 117 cm³/mol. The molecule has 0 bridgehead atoms. The van der Waals surface area contributed by atoms with E-state index in [1.165, 1.54) is 12.1 Å². The fraction of sp³-hybridized carbons (Fsp3) is 0.217. The van der Waals surface area contributed by atoms with Crippen LogP contribution in [0.3, 0.4) is 0 Å². The first-order valence-electron chi connectivity index (χ1n) is 10.1. The van der Waals surface area contributed by atoms with Crippen LogP contribution >= 0.6 is 0 Å². The lowest BCUT2D eigenvalue weighted by Crippen LogP contribution is -2.11. The van der Waals surface area contributed by atoms with Gasteiger partial charge in [-0.05, 0) is 49.7 Å². The Morgan fingerprint density at radius 1 is 1.06 bits per heavy atom. The Kier molecular flexibility index (Phi) is 6.28. The van der Waals surface area contributed by atoms with Gasteiger partial charge in [-0.25, -0.2) is 19.0 Å². The van der Waals surface area contributed by atoms with Crippen LogP contribution in [0.25, 0.3) is 22.6 Å². The quantitative estimate of drug-likeness (QED) is 0.447. The Hall–Kier alpha value is -3.65. The van der Waals surface area contributed by atoms with Gasteiger partial charge in [0, 0.05) is 18.4 Å². The zero-order valence-electron chi connectivity index (χ0n) is 17.4. The molecular weight excluding hydrogens is 395 g/mol. The standard InChI is InChI=1S/C23H23FN6O/c1-3-31-15-30-22(21(28-29-30)18-9-11-19(24)12-10-18)20-13-14-25-23(27-20)26-16(2)17-7-5-4-6-8-17/h4-14,16H,3,15H2,1-2H3,(H,25,26,27)/t16-/m0/s1. The summed E-state index contributed by atoms with van der Waals surface area (Å²) in [7, 11) is 0. The highest BCUT2D eigenvalue weighted by molar-refractivity contribution is 5.76. The molecule has 0 spiro atoms. The van der Waals surface area contributed by atoms with Crippen LogP contribution in [0.4, 0.5) is 10.3 Å². The molecule has 4 rings (SSSR count). The van der Waals surface area contributed by atoms with Gasteiger partial charge < -0.3 is 10.1 Å². The van der Waals surface area contributed by atoms with Crippen LogP contribution in [0.5, 0.6) is 0 Å². The van der Waals surface area contributed by atoms with Crippen LogP contribution in [0.2, 0.25) is 0 Å². The lowest BCUT2D eigenvalue weighted by Gasteiger charge is -2.15. The SMILES string of the molecule is CCOCn1nnc(-c2ccc(F)cc2)c1-c1ccnc(N[C@@H](C)c2ccccc2)n1. The summed E-state index contributed by atoms with van der Waals surface area (Å²) >= 11 is 0. The van der Waals surface area contributed by atoms with E-state index in [1.807, 2.05) is 25.1 Å². The number of rotatable bonds is 8. The monoisotopic (exact) mass is 418 g/mol. The van der Waals surface area contributed by atoms with Crippen molar-refractivity contribution in [3.63, 3.8) is 0 Å². The number of hydrogen-bond acceptors (Lipinski definition) is 6. The Bertz CT molecular complexity index is 1130. The molecule has 2 heterocycles. The van der Waals surface area contributed by atoms with Crippen LogP contribution in [-0.2, 0) is 11.5 Å². The summed E-state index contributed by atoms with van der Waals surface area (Å²) in [5.41, 5.74) is 3.79. The molecule has 0 fully saturated rings. The fourth-order valence-corrected chi connectivity index (χ4v) is 3.22. The minimum Gasteiger partial charge on any atom is -0.359 e. The van der Waals surface area contributed by atoms with E-state index in [-0.39, 0.29) is 18.6 Å². The molecule has 0 aliphatic carbocycles. The summed E-state index contributed by atoms with van der Waals surface area (Å²) in [5, 5.41) is 11.9. The third kappa shape index (κ3) is 4.75. The minimum absolute atomic E-state index is 0.0273. The van der Waals surface area contributed by atoms with Crippen molar-refractivity contribution >= 4 is 5.95 Å². The Balaban J connectivity index is 1.70. The zero-order valence-corrected chi connectivity index (χ0v) is 17.4. The van der Waals surface area contributed by atoms with Crippen molar-refractivity contribution in [2.75, 3.05) is 11.9 Å². The molecule has 2 aromatic heterocycles. The van der Waals surface area contributed by atoms with Crippen LogP contribution in [0.1, 0.15) is 25.5 Å². The maximum Gasteiger partial charge on any atom is 0.223 e. The highest BCUT2D eigenvalue weighted by Gasteiger charge is 2.19. The average molecular weight is 418 g/mol. The molecule has 0 amide bonds. The number of benzene rings is 2. The van der Waals surface area contributed by atoms with Crippen molar-refractivity contribution in [2.24, 2.45) is 0 Å². The Morgan fingerprint density at radius 2 is 1.84 bits per heavy atom. The van der Waals surface area contributed by atoms with Crippen LogP contribution in [-0.4, -0.2) is 31.6 Å². The van der Waals surface area contributed by atoms with Gasteiger partial charge in [0.25, 0.3) is 0 Å². The van der Waals surface area contributed by atoms with Crippen molar-refractivity contribution in [1.82, 2.24) is 25.0 Å². The predicted octanol–water partition coefficient (Wildman–Crippen LogP) is 4.71. The molecule has 0 aliphatic heterocycles. The maximum atomic E-state index is 13.4. The van der Waals surface area contributed by atoms with E-state index < -0.39 is 0 Å². The zero-order chi connectivity index (χ0) is 21.6. The first kappa shape index (κ1) is 20.6. The minimum atomic E-state index is -0.310. The van der Waals surface area contributed by atoms with E-state index >= 15 is 0 Å². The molecule has 2 aromatic carbocycles. The molecule has 0 unspecified atom stereocenters. The molecule has 7 nitrogen and oxygen atoms in total. The third-order valence-corrected chi connectivity index (χ3v) is 4.81. The topological polar surface area (TPSA) is 77.8 Å². The van der Waals surface area contributed by atoms with Gasteiger partial charge in [-0.1, -0.05) is 35.5 Å². The molecule has 31 heavy (non-hydrogen) atoms. The average Bonchev–Trinajstić information content (AvgIpc) is 3.23. The van der Waals surface area contributed by atoms with Crippen LogP contribution in [0, 0.1) is 5.82 Å². The van der Waals surface area contributed by atoms with Gasteiger partial charge in [0.1, 0.15) is 23.9 Å². The molecule has 0 saturated carbocycles. The molecule has 4 aromatic rings. The van der Waals surface area contributed by atoms with E-state index in [2.05, 4.69) is 39.7 Å². The molecule has 8 heteroatoms. The lowest BCUT2D eigenvalue weighted by molar-refractivity contribution is 0.0790. The highest BCUT2D eigenvalue weighted by atomic mass is 19.1. The van der Waals surface area contributed by atoms with Crippen molar-refractivity contribution in [2.45, 2.75) is 26.6 Å². The third-order valence-electron chi connectivity index (χ3n) is 4.81. The second kappa shape index (κ2) is 9.44. The smallest absolute Gasteiger partial charge is 0.223 e. The second-order valence-corrected chi connectivity index (χ2v) is 6.96. The molecule has 1 N–H and O–H groups in total. The van der Waals surface area contributed by atoms with E-state index in [4.69, 9.17) is 9.72 Å². The number of ether oxygens (including phenoxy) is 1. The van der Waals surface area contributed by atoms with Gasteiger partial charge >= 0.3 is 0 Å². The first-order chi connectivity index (χ1) is 15.2. The number of nitrogens with zero attached hydrogens (tertiary/aromatic N) is 5. The number of hydrogen-bond donors (Lipinski definition) is 1. The molecule has 1 atom stereocenters. The summed E-state index contributed by atoms with van der Waals surface area (Å²) < 4.78 is 20.6. The summed E-state index contributed by atoms with van der Waals surface area (Å²) in [6.07, 6.45) is 1.69. The van der Waals surface area contributed by atoms with Crippen LogP contribution in [0.15, 0.2) is 66.9 Å². The van der Waals surface area contributed by atoms with Crippen LogP contribution < -0.4 is 5.32 Å². The Labute approximate surface area is 179 Å². The largest absolute Gasteiger partial charge is 0.359 e. The molecule has 0 saturated heterocycles. The van der Waals surface area contributed by atoms with E-state index in [1.54, 1.807) is 29.1 Å². The summed E-state index contributed by atoms with van der Waals surface area (Å²) in [4.78, 5) is 9.07. The first-order valence-corrected chi connectivity index (χ1v) is 10.1. The number of aromatic nitrogens is 5. The Morgan fingerprint density at radius 3 is 2.58 bits per heavy atom. The van der Waals surface area contributed by atoms with Gasteiger partial charge in [-0.2, -0.15) is 0 Å². The fourth-order valence-electron chi connectivity index (χ4n) is 3.22. The van der Waals surface area contributed by atoms with Gasteiger partial charge in [-0.3, -0.25) is 0 Å². The van der Waals surface area contributed by atoms with Crippen molar-refractivity contribution in [3.8, 4) is 22.6 Å². The maximum absolute atomic E-state index is 13.4. The number of nitrogens with one attached hydrogen (secondary N) is 1. The van der Waals surface area contributed by atoms with Crippen molar-refractivity contribution in [1.29, 1.82) is 0 Å². The number of halogens is 1. The highest BCUT2D eigenvalue weighted by Crippen LogP contribution is 2.30.